The number of rotatable bonds is 5. The summed E-state index contributed by atoms with van der Waals surface area (Å²) in [7, 11) is 0. The molecule has 1 heterocycles. The maximum atomic E-state index is 12.5. The van der Waals surface area contributed by atoms with Gasteiger partial charge in [-0.15, -0.1) is 11.8 Å². The summed E-state index contributed by atoms with van der Waals surface area (Å²) in [5, 5.41) is 8.03. The minimum atomic E-state index is -0.127. The highest BCUT2D eigenvalue weighted by Gasteiger charge is 2.23. The maximum Gasteiger partial charge on any atom is 0.237 e. The van der Waals surface area contributed by atoms with Gasteiger partial charge in [0.1, 0.15) is 0 Å². The van der Waals surface area contributed by atoms with Gasteiger partial charge in [0, 0.05) is 28.9 Å². The Labute approximate surface area is 168 Å². The van der Waals surface area contributed by atoms with Crippen LogP contribution in [0.1, 0.15) is 18.4 Å². The van der Waals surface area contributed by atoms with Crippen molar-refractivity contribution in [2.75, 3.05) is 16.4 Å². The lowest BCUT2D eigenvalue weighted by Crippen LogP contribution is -2.24. The van der Waals surface area contributed by atoms with E-state index in [4.69, 9.17) is 0 Å². The summed E-state index contributed by atoms with van der Waals surface area (Å²) in [4.78, 5) is 24.9. The van der Waals surface area contributed by atoms with E-state index in [0.29, 0.717) is 12.2 Å². The average molecular weight is 391 g/mol. The van der Waals surface area contributed by atoms with E-state index in [1.165, 1.54) is 5.56 Å². The van der Waals surface area contributed by atoms with Crippen LogP contribution in [0, 0.1) is 0 Å². The van der Waals surface area contributed by atoms with Crippen LogP contribution in [0.5, 0.6) is 0 Å². The number of hydrogen-bond acceptors (Lipinski definition) is 3. The van der Waals surface area contributed by atoms with Gasteiger partial charge in [-0.1, -0.05) is 54.6 Å². The molecule has 3 aromatic rings. The summed E-state index contributed by atoms with van der Waals surface area (Å²) in [5.74, 6) is 0.621. The molecule has 0 fully saturated rings. The molecule has 142 valence electrons. The van der Waals surface area contributed by atoms with E-state index in [9.17, 15) is 9.59 Å². The highest BCUT2D eigenvalue weighted by Crippen LogP contribution is 2.28. The van der Waals surface area contributed by atoms with Crippen molar-refractivity contribution < 1.29 is 9.59 Å². The topological polar surface area (TPSA) is 58.2 Å². The number of para-hydroxylation sites is 1. The molecule has 1 atom stereocenters. The zero-order valence-electron chi connectivity index (χ0n) is 15.5. The molecule has 0 saturated heterocycles. The Morgan fingerprint density at radius 2 is 1.82 bits per heavy atom. The van der Waals surface area contributed by atoms with E-state index >= 15 is 0 Å². The molecule has 4 nitrogen and oxygen atoms in total. The summed E-state index contributed by atoms with van der Waals surface area (Å²) in [5.41, 5.74) is 2.91. The minimum Gasteiger partial charge on any atom is -0.325 e. The van der Waals surface area contributed by atoms with Gasteiger partial charge in [-0.25, -0.2) is 0 Å². The number of aryl methyl sites for hydroxylation is 1. The van der Waals surface area contributed by atoms with E-state index in [-0.39, 0.29) is 17.1 Å². The van der Waals surface area contributed by atoms with E-state index < -0.39 is 0 Å². The van der Waals surface area contributed by atoms with Crippen molar-refractivity contribution in [2.24, 2.45) is 0 Å². The predicted octanol–water partition coefficient (Wildman–Crippen LogP) is 4.86. The van der Waals surface area contributed by atoms with Gasteiger partial charge in [-0.05, 0) is 35.9 Å². The number of benzene rings is 3. The third-order valence-corrected chi connectivity index (χ3v) is 6.25. The van der Waals surface area contributed by atoms with Crippen LogP contribution in [0.4, 0.5) is 11.4 Å². The van der Waals surface area contributed by atoms with Crippen LogP contribution in [0.25, 0.3) is 10.8 Å². The molecule has 2 amide bonds. The SMILES string of the molecule is O=C(CCS[C@@H]1CCc2ccccc2NC1=O)Nc1cccc2ccccc12. The van der Waals surface area contributed by atoms with Gasteiger partial charge in [0.25, 0.3) is 0 Å². The zero-order valence-corrected chi connectivity index (χ0v) is 16.3. The van der Waals surface area contributed by atoms with Gasteiger partial charge < -0.3 is 10.6 Å². The van der Waals surface area contributed by atoms with Crippen LogP contribution in [0.2, 0.25) is 0 Å². The molecular formula is C23H22N2O2S. The van der Waals surface area contributed by atoms with Crippen LogP contribution < -0.4 is 10.6 Å². The lowest BCUT2D eigenvalue weighted by Gasteiger charge is -2.13. The Hall–Kier alpha value is -2.79. The fourth-order valence-corrected chi connectivity index (χ4v) is 4.57. The monoisotopic (exact) mass is 390 g/mol. The first-order chi connectivity index (χ1) is 13.7. The number of hydrogen-bond donors (Lipinski definition) is 2. The third-order valence-electron chi connectivity index (χ3n) is 4.96. The Kier molecular flexibility index (Phi) is 5.63. The number of carbonyl (C=O) groups excluding carboxylic acids is 2. The molecule has 0 spiro atoms. The fourth-order valence-electron chi connectivity index (χ4n) is 3.49. The van der Waals surface area contributed by atoms with Gasteiger partial charge in [0.05, 0.1) is 5.25 Å². The zero-order chi connectivity index (χ0) is 19.3. The van der Waals surface area contributed by atoms with Gasteiger partial charge in [0.15, 0.2) is 0 Å². The summed E-state index contributed by atoms with van der Waals surface area (Å²) < 4.78 is 0. The van der Waals surface area contributed by atoms with Crippen molar-refractivity contribution in [3.63, 3.8) is 0 Å². The van der Waals surface area contributed by atoms with E-state index in [1.54, 1.807) is 11.8 Å². The van der Waals surface area contributed by atoms with Gasteiger partial charge in [-0.3, -0.25) is 9.59 Å². The Morgan fingerprint density at radius 3 is 2.75 bits per heavy atom. The molecule has 28 heavy (non-hydrogen) atoms. The number of amides is 2. The molecule has 2 N–H and O–H groups in total. The highest BCUT2D eigenvalue weighted by atomic mass is 32.2. The molecule has 0 radical (unpaired) electrons. The Balaban J connectivity index is 1.31. The summed E-state index contributed by atoms with van der Waals surface area (Å²) in [6, 6.07) is 21.8. The van der Waals surface area contributed by atoms with Crippen molar-refractivity contribution in [3.8, 4) is 0 Å². The van der Waals surface area contributed by atoms with Crippen molar-refractivity contribution in [1.29, 1.82) is 0 Å². The van der Waals surface area contributed by atoms with Crippen molar-refractivity contribution in [2.45, 2.75) is 24.5 Å². The second kappa shape index (κ2) is 8.48. The molecule has 0 aromatic heterocycles. The minimum absolute atomic E-state index is 0.0267. The first-order valence-corrected chi connectivity index (χ1v) is 10.5. The van der Waals surface area contributed by atoms with Crippen LogP contribution in [0.15, 0.2) is 66.7 Å². The Morgan fingerprint density at radius 1 is 1.04 bits per heavy atom. The second-order valence-electron chi connectivity index (χ2n) is 6.87. The van der Waals surface area contributed by atoms with Crippen LogP contribution in [-0.4, -0.2) is 22.8 Å². The number of carbonyl (C=O) groups is 2. The average Bonchev–Trinajstić information content (AvgIpc) is 2.87. The molecule has 1 aliphatic rings. The number of thioether (sulfide) groups is 1. The normalized spacial score (nSPS) is 16.1. The molecular weight excluding hydrogens is 368 g/mol. The quantitative estimate of drug-likeness (QED) is 0.654. The first-order valence-electron chi connectivity index (χ1n) is 9.49. The van der Waals surface area contributed by atoms with Crippen LogP contribution >= 0.6 is 11.8 Å². The summed E-state index contributed by atoms with van der Waals surface area (Å²) >= 11 is 1.56. The number of fused-ring (bicyclic) bond motifs is 2. The summed E-state index contributed by atoms with van der Waals surface area (Å²) in [6.45, 7) is 0. The van der Waals surface area contributed by atoms with Crippen LogP contribution in [-0.2, 0) is 16.0 Å². The lowest BCUT2D eigenvalue weighted by molar-refractivity contribution is -0.116. The maximum absolute atomic E-state index is 12.5. The number of anilines is 2. The van der Waals surface area contributed by atoms with Crippen molar-refractivity contribution in [3.05, 3.63) is 72.3 Å². The van der Waals surface area contributed by atoms with Crippen molar-refractivity contribution >= 4 is 45.7 Å². The van der Waals surface area contributed by atoms with E-state index in [1.807, 2.05) is 60.7 Å². The lowest BCUT2D eigenvalue weighted by atomic mass is 10.1. The smallest absolute Gasteiger partial charge is 0.237 e. The van der Waals surface area contributed by atoms with Crippen molar-refractivity contribution in [1.82, 2.24) is 0 Å². The third kappa shape index (κ3) is 4.20. The molecule has 1 aliphatic heterocycles. The molecule has 3 aromatic carbocycles. The van der Waals surface area contributed by atoms with Gasteiger partial charge in [-0.2, -0.15) is 0 Å². The molecule has 0 aliphatic carbocycles. The van der Waals surface area contributed by atoms with Gasteiger partial charge >= 0.3 is 0 Å². The standard InChI is InChI=1S/C23H22N2O2S/c26-22(24-20-11-5-8-16-6-1-3-9-18(16)20)14-15-28-21-13-12-17-7-2-4-10-19(17)25-23(21)27/h1-11,21H,12-15H2,(H,24,26)(H,25,27)/t21-/m1/s1. The number of nitrogens with one attached hydrogen (secondary N) is 2. The van der Waals surface area contributed by atoms with Crippen LogP contribution in [0.3, 0.4) is 0 Å². The van der Waals surface area contributed by atoms with E-state index in [0.717, 1.165) is 35.0 Å². The summed E-state index contributed by atoms with van der Waals surface area (Å²) in [6.07, 6.45) is 2.04. The second-order valence-corrected chi connectivity index (χ2v) is 8.18. The van der Waals surface area contributed by atoms with Gasteiger partial charge in [0.2, 0.25) is 11.8 Å². The predicted molar refractivity (Wildman–Crippen MR) is 117 cm³/mol. The largest absolute Gasteiger partial charge is 0.325 e. The molecule has 0 bridgehead atoms. The van der Waals surface area contributed by atoms with E-state index in [2.05, 4.69) is 16.7 Å². The molecule has 0 saturated carbocycles. The fraction of sp³-hybridized carbons (Fsp3) is 0.217. The first kappa shape index (κ1) is 18.6. The molecule has 5 heteroatoms. The highest BCUT2D eigenvalue weighted by molar-refractivity contribution is 8.00. The molecule has 0 unspecified atom stereocenters. The molecule has 4 rings (SSSR count). The Bertz CT molecular complexity index is 1010.